The lowest BCUT2D eigenvalue weighted by atomic mass is 10.4. The fraction of sp³-hybridized carbons (Fsp3) is 0.875. The molecule has 0 aliphatic carbocycles. The van der Waals surface area contributed by atoms with Crippen LogP contribution in [0.2, 0.25) is 0 Å². The van der Waals surface area contributed by atoms with Crippen LogP contribution in [0.1, 0.15) is 26.7 Å². The molecular formula is C8H18ClNO2Si. The van der Waals surface area contributed by atoms with Gasteiger partial charge in [-0.1, -0.05) is 0 Å². The van der Waals surface area contributed by atoms with E-state index in [1.807, 2.05) is 19.9 Å². The molecule has 0 N–H and O–H groups in total. The Bertz CT molecular complexity index is 115. The van der Waals surface area contributed by atoms with Gasteiger partial charge in [0.05, 0.1) is 6.07 Å². The quantitative estimate of drug-likeness (QED) is 0.390. The van der Waals surface area contributed by atoms with Gasteiger partial charge in [0.2, 0.25) is 0 Å². The second-order valence-electron chi connectivity index (χ2n) is 2.05. The zero-order valence-corrected chi connectivity index (χ0v) is 10.6. The fourth-order valence-corrected chi connectivity index (χ4v) is 0.956. The largest absolute Gasteiger partial charge is 0.399 e. The first-order valence-corrected chi connectivity index (χ1v) is 6.10. The highest BCUT2D eigenvalue weighted by Gasteiger charge is 1.79. The molecule has 0 aromatic heterocycles. The molecule has 0 fully saturated rings. The van der Waals surface area contributed by atoms with Gasteiger partial charge in [-0.05, 0) is 20.3 Å². The molecule has 0 spiro atoms. The van der Waals surface area contributed by atoms with E-state index in [0.29, 0.717) is 12.3 Å². The first-order valence-electron chi connectivity index (χ1n) is 4.41. The maximum absolute atomic E-state index is 7.89. The van der Waals surface area contributed by atoms with Gasteiger partial charge in [-0.3, -0.25) is 0 Å². The molecule has 0 saturated heterocycles. The Morgan fingerprint density at radius 1 is 1.31 bits per heavy atom. The van der Waals surface area contributed by atoms with Crippen molar-refractivity contribution >= 4 is 21.6 Å². The predicted molar refractivity (Wildman–Crippen MR) is 57.4 cm³/mol. The molecule has 0 radical (unpaired) electrons. The number of rotatable bonds is 6. The zero-order chi connectivity index (χ0) is 10.4. The molecule has 0 bridgehead atoms. The molecule has 0 aromatic rings. The third-order valence-electron chi connectivity index (χ3n) is 0.997. The average Bonchev–Trinajstić information content (AvgIpc) is 2.17. The van der Waals surface area contributed by atoms with Gasteiger partial charge in [-0.2, -0.15) is 5.26 Å². The number of unbranched alkanes of at least 4 members (excludes halogenated alkanes) is 1. The molecule has 0 aromatic carbocycles. The summed E-state index contributed by atoms with van der Waals surface area (Å²) >= 11 is 5.23. The Kier molecular flexibility index (Phi) is 21.1. The fourth-order valence-electron chi connectivity index (χ4n) is 0.371. The van der Waals surface area contributed by atoms with Gasteiger partial charge >= 0.3 is 10.0 Å². The van der Waals surface area contributed by atoms with Gasteiger partial charge in [0.25, 0.3) is 0 Å². The molecule has 0 atom stereocenters. The zero-order valence-electron chi connectivity index (χ0n) is 8.38. The molecule has 0 rings (SSSR count). The summed E-state index contributed by atoms with van der Waals surface area (Å²) in [6.07, 6.45) is 1.40. The van der Waals surface area contributed by atoms with E-state index in [1.165, 1.54) is 0 Å². The number of nitriles is 1. The van der Waals surface area contributed by atoms with Crippen molar-refractivity contribution in [1.82, 2.24) is 0 Å². The topological polar surface area (TPSA) is 42.2 Å². The second kappa shape index (κ2) is 17.9. The van der Waals surface area contributed by atoms with Gasteiger partial charge in [-0.15, -0.1) is 11.6 Å². The molecule has 78 valence electrons. The van der Waals surface area contributed by atoms with Crippen molar-refractivity contribution in [2.45, 2.75) is 26.7 Å². The molecule has 0 aliphatic rings. The van der Waals surface area contributed by atoms with Crippen LogP contribution in [0.15, 0.2) is 0 Å². The van der Waals surface area contributed by atoms with E-state index in [4.69, 9.17) is 25.7 Å². The Hall–Kier alpha value is -0.0831. The maximum atomic E-state index is 7.89. The lowest BCUT2D eigenvalue weighted by Crippen LogP contribution is -2.02. The van der Waals surface area contributed by atoms with E-state index in [0.717, 1.165) is 19.6 Å². The smallest absolute Gasteiger partial charge is 0.304 e. The number of alkyl halides is 1. The second-order valence-corrected chi connectivity index (χ2v) is 3.48. The summed E-state index contributed by atoms with van der Waals surface area (Å²) in [5.74, 6) is 0.605. The number of halogens is 1. The van der Waals surface area contributed by atoms with E-state index in [9.17, 15) is 0 Å². The minimum absolute atomic E-state index is 0.587. The molecule has 3 nitrogen and oxygen atoms in total. The number of nitrogens with zero attached hydrogens (tertiary/aromatic N) is 1. The standard InChI is InChI=1S/C4H6ClN.C4H12O2Si/c5-3-1-2-4-6;1-3-5-7-6-4-2/h1-3H2;3-4,7H2,1-2H3. The highest BCUT2D eigenvalue weighted by Crippen LogP contribution is 1.86. The van der Waals surface area contributed by atoms with Crippen molar-refractivity contribution in [3.8, 4) is 6.07 Å². The van der Waals surface area contributed by atoms with E-state index in [-0.39, 0.29) is 0 Å². The first-order chi connectivity index (χ1) is 6.33. The van der Waals surface area contributed by atoms with Crippen molar-refractivity contribution in [1.29, 1.82) is 5.26 Å². The van der Waals surface area contributed by atoms with Crippen LogP contribution in [-0.2, 0) is 8.85 Å². The summed E-state index contributed by atoms with van der Waals surface area (Å²) in [5.41, 5.74) is 0. The van der Waals surface area contributed by atoms with Crippen LogP contribution in [0.5, 0.6) is 0 Å². The minimum Gasteiger partial charge on any atom is -0.399 e. The summed E-state index contributed by atoms with van der Waals surface area (Å²) in [6.45, 7) is 5.55. The molecule has 0 aliphatic heterocycles. The monoisotopic (exact) mass is 223 g/mol. The van der Waals surface area contributed by atoms with Crippen LogP contribution >= 0.6 is 11.6 Å². The summed E-state index contributed by atoms with van der Waals surface area (Å²) in [5, 5.41) is 7.89. The van der Waals surface area contributed by atoms with Crippen molar-refractivity contribution in [3.63, 3.8) is 0 Å². The van der Waals surface area contributed by atoms with Gasteiger partial charge in [0, 0.05) is 25.5 Å². The maximum Gasteiger partial charge on any atom is 0.304 e. The Morgan fingerprint density at radius 2 is 1.85 bits per heavy atom. The highest BCUT2D eigenvalue weighted by atomic mass is 35.5. The van der Waals surface area contributed by atoms with Gasteiger partial charge < -0.3 is 8.85 Å². The summed E-state index contributed by atoms with van der Waals surface area (Å²) < 4.78 is 9.98. The predicted octanol–water partition coefficient (Wildman–Crippen LogP) is 1.59. The van der Waals surface area contributed by atoms with Crippen LogP contribution in [0, 0.1) is 11.3 Å². The third-order valence-corrected chi connectivity index (χ3v) is 2.41. The Balaban J connectivity index is 0. The lowest BCUT2D eigenvalue weighted by molar-refractivity contribution is 0.240. The van der Waals surface area contributed by atoms with Crippen molar-refractivity contribution < 1.29 is 8.85 Å². The van der Waals surface area contributed by atoms with Gasteiger partial charge in [0.15, 0.2) is 0 Å². The van der Waals surface area contributed by atoms with Crippen molar-refractivity contribution in [2.24, 2.45) is 0 Å². The normalized spacial score (nSPS) is 8.46. The summed E-state index contributed by atoms with van der Waals surface area (Å²) in [4.78, 5) is 0. The summed E-state index contributed by atoms with van der Waals surface area (Å²) in [6, 6.07) is 1.98. The SMILES string of the molecule is CCO[SiH2]OCC.N#CCCCCl. The highest BCUT2D eigenvalue weighted by molar-refractivity contribution is 6.18. The third kappa shape index (κ3) is 24.5. The molecule has 0 unspecified atom stereocenters. The van der Waals surface area contributed by atoms with Gasteiger partial charge in [-0.25, -0.2) is 0 Å². The molecule has 0 saturated carbocycles. The minimum atomic E-state index is -0.589. The van der Waals surface area contributed by atoms with Crippen molar-refractivity contribution in [3.05, 3.63) is 0 Å². The van der Waals surface area contributed by atoms with Crippen LogP contribution in [0.3, 0.4) is 0 Å². The van der Waals surface area contributed by atoms with E-state index in [1.54, 1.807) is 0 Å². The average molecular weight is 224 g/mol. The van der Waals surface area contributed by atoms with Crippen LogP contribution in [0.25, 0.3) is 0 Å². The molecule has 0 heterocycles. The number of hydrogen-bond acceptors (Lipinski definition) is 3. The summed E-state index contributed by atoms with van der Waals surface area (Å²) in [7, 11) is -0.589. The van der Waals surface area contributed by atoms with Crippen molar-refractivity contribution in [2.75, 3.05) is 19.1 Å². The Labute approximate surface area is 88.0 Å². The molecule has 0 amide bonds. The van der Waals surface area contributed by atoms with E-state index < -0.39 is 10.0 Å². The first kappa shape index (κ1) is 15.4. The van der Waals surface area contributed by atoms with Crippen LogP contribution < -0.4 is 0 Å². The molecule has 13 heavy (non-hydrogen) atoms. The molecule has 5 heteroatoms. The van der Waals surface area contributed by atoms with Crippen LogP contribution in [0.4, 0.5) is 0 Å². The Morgan fingerprint density at radius 3 is 2.08 bits per heavy atom. The van der Waals surface area contributed by atoms with E-state index >= 15 is 0 Å². The van der Waals surface area contributed by atoms with Gasteiger partial charge in [0.1, 0.15) is 0 Å². The van der Waals surface area contributed by atoms with E-state index in [2.05, 4.69) is 0 Å². The number of hydrogen-bond donors (Lipinski definition) is 0. The van der Waals surface area contributed by atoms with Crippen LogP contribution in [-0.4, -0.2) is 29.1 Å². The lowest BCUT2D eigenvalue weighted by Gasteiger charge is -1.96. The molecular weight excluding hydrogens is 206 g/mol.